The topological polar surface area (TPSA) is 0 Å². The summed E-state index contributed by atoms with van der Waals surface area (Å²) < 4.78 is 2.73. The smallest absolute Gasteiger partial charge is 0.0726 e. The third-order valence-electron chi connectivity index (χ3n) is 12.2. The van der Waals surface area contributed by atoms with Gasteiger partial charge in [-0.15, -0.1) is 11.3 Å². The van der Waals surface area contributed by atoms with Gasteiger partial charge in [-0.2, -0.15) is 0 Å². The van der Waals surface area contributed by atoms with Gasteiger partial charge in [-0.05, 0) is 102 Å². The maximum Gasteiger partial charge on any atom is 0.0726 e. The van der Waals surface area contributed by atoms with Crippen LogP contribution >= 0.6 is 11.3 Å². The van der Waals surface area contributed by atoms with Crippen molar-refractivity contribution in [1.29, 1.82) is 0 Å². The van der Waals surface area contributed by atoms with Gasteiger partial charge in [0.2, 0.25) is 0 Å². The fourth-order valence-electron chi connectivity index (χ4n) is 10.0. The molecule has 1 aromatic heterocycles. The standard InChI is InChI=1S/C52H32S/c1-31-22-24-32(25-23-31)48-37-15-2-4-17-39(37)49(40-18-5-3-16-38(40)48)33-26-27-42-46(30-33)52(43-19-9-6-12-34(43)35-13-7-10-20-44(35)52)45-29-28-41-36-14-8-11-21-47(36)53-51(41)50(42)45/h2-30H,1H3. The summed E-state index contributed by atoms with van der Waals surface area (Å²) in [6.07, 6.45) is 0. The van der Waals surface area contributed by atoms with Crippen molar-refractivity contribution < 1.29 is 0 Å². The highest BCUT2D eigenvalue weighted by Crippen LogP contribution is 2.65. The van der Waals surface area contributed by atoms with Crippen molar-refractivity contribution in [3.8, 4) is 44.5 Å². The van der Waals surface area contributed by atoms with E-state index in [1.165, 1.54) is 114 Å². The third kappa shape index (κ3) is 3.75. The molecule has 0 atom stereocenters. The summed E-state index contributed by atoms with van der Waals surface area (Å²) in [6, 6.07) is 66.5. The van der Waals surface area contributed by atoms with E-state index in [0.717, 1.165) is 0 Å². The van der Waals surface area contributed by atoms with Crippen molar-refractivity contribution in [2.24, 2.45) is 0 Å². The highest BCUT2D eigenvalue weighted by atomic mass is 32.1. The zero-order chi connectivity index (χ0) is 34.8. The molecule has 2 aliphatic rings. The number of hydrogen-bond donors (Lipinski definition) is 0. The molecule has 1 spiro atoms. The Labute approximate surface area is 312 Å². The summed E-state index contributed by atoms with van der Waals surface area (Å²) >= 11 is 1.94. The maximum absolute atomic E-state index is 2.56. The number of thiophene rings is 1. The molecule has 53 heavy (non-hydrogen) atoms. The average molecular weight is 689 g/mol. The van der Waals surface area contributed by atoms with Crippen LogP contribution in [0.4, 0.5) is 0 Å². The van der Waals surface area contributed by atoms with Crippen molar-refractivity contribution in [3.63, 3.8) is 0 Å². The first-order chi connectivity index (χ1) is 26.2. The van der Waals surface area contributed by atoms with Crippen LogP contribution in [0, 0.1) is 6.92 Å². The van der Waals surface area contributed by atoms with Crippen molar-refractivity contribution in [3.05, 3.63) is 204 Å². The minimum Gasteiger partial charge on any atom is -0.135 e. The first-order valence-electron chi connectivity index (χ1n) is 18.5. The predicted molar refractivity (Wildman–Crippen MR) is 226 cm³/mol. The van der Waals surface area contributed by atoms with Crippen LogP contribution in [-0.4, -0.2) is 0 Å². The molecule has 0 saturated carbocycles. The van der Waals surface area contributed by atoms with E-state index in [1.54, 1.807) is 0 Å². The summed E-state index contributed by atoms with van der Waals surface area (Å²) in [4.78, 5) is 0. The lowest BCUT2D eigenvalue weighted by atomic mass is 9.70. The summed E-state index contributed by atoms with van der Waals surface area (Å²) in [7, 11) is 0. The van der Waals surface area contributed by atoms with E-state index in [9.17, 15) is 0 Å². The van der Waals surface area contributed by atoms with E-state index < -0.39 is 5.41 Å². The maximum atomic E-state index is 2.56. The molecule has 0 N–H and O–H groups in total. The van der Waals surface area contributed by atoms with Gasteiger partial charge >= 0.3 is 0 Å². The van der Waals surface area contributed by atoms with E-state index in [4.69, 9.17) is 0 Å². The normalized spacial score (nSPS) is 13.5. The molecule has 0 aliphatic heterocycles. The predicted octanol–water partition coefficient (Wildman–Crippen LogP) is 14.3. The van der Waals surface area contributed by atoms with Gasteiger partial charge in [0.05, 0.1) is 5.41 Å². The van der Waals surface area contributed by atoms with E-state index in [0.29, 0.717) is 0 Å². The minimum absolute atomic E-state index is 0.425. The summed E-state index contributed by atoms with van der Waals surface area (Å²) in [6.45, 7) is 2.16. The zero-order valence-corrected chi connectivity index (χ0v) is 30.0. The van der Waals surface area contributed by atoms with Gasteiger partial charge in [0.25, 0.3) is 0 Å². The van der Waals surface area contributed by atoms with Crippen molar-refractivity contribution in [2.75, 3.05) is 0 Å². The second-order valence-corrected chi connectivity index (χ2v) is 15.8. The van der Waals surface area contributed by atoms with Gasteiger partial charge in [-0.25, -0.2) is 0 Å². The Hall–Kier alpha value is -6.28. The highest BCUT2D eigenvalue weighted by molar-refractivity contribution is 7.26. The molecule has 0 bridgehead atoms. The Kier molecular flexibility index (Phi) is 5.88. The lowest BCUT2D eigenvalue weighted by Crippen LogP contribution is -2.25. The van der Waals surface area contributed by atoms with Crippen LogP contribution in [0.1, 0.15) is 27.8 Å². The summed E-state index contributed by atoms with van der Waals surface area (Å²) in [5.41, 5.74) is 16.9. The van der Waals surface area contributed by atoms with Crippen molar-refractivity contribution in [1.82, 2.24) is 0 Å². The fraction of sp³-hybridized carbons (Fsp3) is 0.0385. The van der Waals surface area contributed by atoms with Gasteiger partial charge in [0.1, 0.15) is 0 Å². The number of rotatable bonds is 2. The lowest BCUT2D eigenvalue weighted by molar-refractivity contribution is 0.795. The molecule has 0 amide bonds. The number of benzene rings is 9. The molecule has 0 unspecified atom stereocenters. The minimum atomic E-state index is -0.425. The lowest BCUT2D eigenvalue weighted by Gasteiger charge is -2.31. The Morgan fingerprint density at radius 1 is 0.358 bits per heavy atom. The molecule has 2 aliphatic carbocycles. The number of aryl methyl sites for hydroxylation is 1. The monoisotopic (exact) mass is 688 g/mol. The van der Waals surface area contributed by atoms with Gasteiger partial charge in [0.15, 0.2) is 0 Å². The van der Waals surface area contributed by atoms with E-state index in [2.05, 4.69) is 183 Å². The van der Waals surface area contributed by atoms with E-state index in [1.807, 2.05) is 11.3 Å². The highest BCUT2D eigenvalue weighted by Gasteiger charge is 2.52. The molecule has 0 radical (unpaired) electrons. The molecule has 12 rings (SSSR count). The second kappa shape index (κ2) is 10.6. The average Bonchev–Trinajstić information content (AvgIpc) is 3.84. The van der Waals surface area contributed by atoms with Crippen LogP contribution < -0.4 is 0 Å². The summed E-state index contributed by atoms with van der Waals surface area (Å²) in [5, 5.41) is 7.82. The molecule has 0 fully saturated rings. The Bertz CT molecular complexity index is 3070. The van der Waals surface area contributed by atoms with Gasteiger partial charge in [-0.3, -0.25) is 0 Å². The third-order valence-corrected chi connectivity index (χ3v) is 13.4. The molecular formula is C52H32S. The summed E-state index contributed by atoms with van der Waals surface area (Å²) in [5.74, 6) is 0. The van der Waals surface area contributed by atoms with Crippen LogP contribution in [0.2, 0.25) is 0 Å². The fourth-order valence-corrected chi connectivity index (χ4v) is 11.3. The quantitative estimate of drug-likeness (QED) is 0.159. The largest absolute Gasteiger partial charge is 0.135 e. The van der Waals surface area contributed by atoms with E-state index >= 15 is 0 Å². The van der Waals surface area contributed by atoms with Gasteiger partial charge in [0, 0.05) is 25.7 Å². The van der Waals surface area contributed by atoms with Crippen LogP contribution in [0.25, 0.3) is 86.2 Å². The van der Waals surface area contributed by atoms with Crippen LogP contribution in [0.3, 0.4) is 0 Å². The first-order valence-corrected chi connectivity index (χ1v) is 19.3. The van der Waals surface area contributed by atoms with Gasteiger partial charge in [-0.1, -0.05) is 169 Å². The SMILES string of the molecule is Cc1ccc(-c2c3ccccc3c(-c3ccc4c(c3)C3(c5ccccc5-c5ccccc53)c3ccc5c(sc6ccccc65)c3-4)c3ccccc23)cc1. The van der Waals surface area contributed by atoms with Crippen molar-refractivity contribution >= 4 is 53.1 Å². The number of hydrogen-bond acceptors (Lipinski definition) is 1. The molecule has 246 valence electrons. The second-order valence-electron chi connectivity index (χ2n) is 14.8. The van der Waals surface area contributed by atoms with Crippen LogP contribution in [0.5, 0.6) is 0 Å². The molecule has 1 heterocycles. The molecule has 0 nitrogen and oxygen atoms in total. The van der Waals surface area contributed by atoms with Crippen LogP contribution in [-0.2, 0) is 5.41 Å². The van der Waals surface area contributed by atoms with Gasteiger partial charge < -0.3 is 0 Å². The van der Waals surface area contributed by atoms with Crippen LogP contribution in [0.15, 0.2) is 176 Å². The zero-order valence-electron chi connectivity index (χ0n) is 29.2. The Balaban J connectivity index is 1.22. The Morgan fingerprint density at radius 2 is 0.887 bits per heavy atom. The van der Waals surface area contributed by atoms with Crippen molar-refractivity contribution in [2.45, 2.75) is 12.3 Å². The molecule has 0 saturated heterocycles. The Morgan fingerprint density at radius 3 is 1.53 bits per heavy atom. The molecule has 9 aromatic carbocycles. The van der Waals surface area contributed by atoms with E-state index in [-0.39, 0.29) is 0 Å². The molecule has 1 heteroatoms. The molecular weight excluding hydrogens is 657 g/mol. The molecule has 10 aromatic rings. The number of fused-ring (bicyclic) bond motifs is 16. The first kappa shape index (κ1) is 29.3.